The number of aliphatic hydroxyl groups excluding tert-OH is 1. The van der Waals surface area contributed by atoms with Crippen molar-refractivity contribution in [1.29, 1.82) is 0 Å². The lowest BCUT2D eigenvalue weighted by atomic mass is 10.2. The quantitative estimate of drug-likeness (QED) is 0.756. The van der Waals surface area contributed by atoms with Crippen LogP contribution in [0.5, 0.6) is 0 Å². The number of aromatic nitrogens is 1. The van der Waals surface area contributed by atoms with E-state index in [0.29, 0.717) is 13.2 Å². The van der Waals surface area contributed by atoms with Crippen molar-refractivity contribution in [3.8, 4) is 0 Å². The maximum atomic E-state index is 9.44. The molecule has 0 bridgehead atoms. The first-order valence-electron chi connectivity index (χ1n) is 6.06. The molecular formula is C13H22N2O3. The average molecular weight is 254 g/mol. The number of hydrogen-bond acceptors (Lipinski definition) is 5. The average Bonchev–Trinajstić information content (AvgIpc) is 2.39. The molecule has 0 unspecified atom stereocenters. The van der Waals surface area contributed by atoms with Crippen molar-refractivity contribution in [1.82, 2.24) is 4.98 Å². The molecule has 0 aliphatic heterocycles. The lowest BCUT2D eigenvalue weighted by Gasteiger charge is -2.23. The van der Waals surface area contributed by atoms with Crippen molar-refractivity contribution in [3.63, 3.8) is 0 Å². The summed E-state index contributed by atoms with van der Waals surface area (Å²) in [7, 11) is 3.36. The van der Waals surface area contributed by atoms with Gasteiger partial charge in [0, 0.05) is 33.5 Å². The number of hydrogen-bond donors (Lipinski definition) is 1. The van der Waals surface area contributed by atoms with E-state index in [-0.39, 0.29) is 0 Å². The maximum Gasteiger partial charge on any atom is 0.128 e. The number of ether oxygens (including phenoxy) is 2. The van der Waals surface area contributed by atoms with Crippen LogP contribution in [-0.4, -0.2) is 50.6 Å². The van der Waals surface area contributed by atoms with Crippen LogP contribution in [-0.2, 0) is 9.47 Å². The number of rotatable bonds is 8. The summed E-state index contributed by atoms with van der Waals surface area (Å²) in [6, 6.07) is 3.80. The van der Waals surface area contributed by atoms with Gasteiger partial charge in [0.25, 0.3) is 0 Å². The Balaban J connectivity index is 2.70. The molecule has 0 saturated heterocycles. The zero-order chi connectivity index (χ0) is 13.4. The zero-order valence-electron chi connectivity index (χ0n) is 11.3. The Morgan fingerprint density at radius 1 is 1.22 bits per heavy atom. The van der Waals surface area contributed by atoms with E-state index in [1.807, 2.05) is 12.1 Å². The van der Waals surface area contributed by atoms with Gasteiger partial charge in [0.05, 0.1) is 19.3 Å². The highest BCUT2D eigenvalue weighted by molar-refractivity contribution is 5.39. The fourth-order valence-corrected chi connectivity index (χ4v) is 1.58. The molecule has 0 amide bonds. The van der Waals surface area contributed by atoms with E-state index in [1.54, 1.807) is 27.3 Å². The molecule has 5 heteroatoms. The Hall–Kier alpha value is -1.17. The van der Waals surface area contributed by atoms with Crippen molar-refractivity contribution in [2.45, 2.75) is 13.0 Å². The molecule has 1 aromatic heterocycles. The van der Waals surface area contributed by atoms with Crippen LogP contribution in [0.2, 0.25) is 0 Å². The number of methoxy groups -OCH3 is 2. The summed E-state index contributed by atoms with van der Waals surface area (Å²) in [5, 5.41) is 9.44. The van der Waals surface area contributed by atoms with Gasteiger partial charge in [-0.2, -0.15) is 0 Å². The molecule has 1 heterocycles. The van der Waals surface area contributed by atoms with Gasteiger partial charge in [-0.3, -0.25) is 0 Å². The molecule has 0 spiro atoms. The van der Waals surface area contributed by atoms with Crippen LogP contribution in [0, 0.1) is 0 Å². The second-order valence-electron chi connectivity index (χ2n) is 4.10. The predicted octanol–water partition coefficient (Wildman–Crippen LogP) is 1.23. The molecule has 0 aliphatic carbocycles. The van der Waals surface area contributed by atoms with E-state index in [0.717, 1.165) is 24.5 Å². The molecule has 0 saturated carbocycles. The van der Waals surface area contributed by atoms with Gasteiger partial charge in [0.1, 0.15) is 5.82 Å². The van der Waals surface area contributed by atoms with Crippen LogP contribution < -0.4 is 4.90 Å². The van der Waals surface area contributed by atoms with Crippen LogP contribution in [0.25, 0.3) is 0 Å². The van der Waals surface area contributed by atoms with Crippen LogP contribution in [0.3, 0.4) is 0 Å². The summed E-state index contributed by atoms with van der Waals surface area (Å²) in [5.74, 6) is 0.869. The standard InChI is InChI=1S/C13H22N2O3/c1-11(16)12-4-5-13(14-10-12)15(6-8-17-2)7-9-18-3/h4-5,10-11,16H,6-9H2,1-3H3/t11-/m0/s1. The fourth-order valence-electron chi connectivity index (χ4n) is 1.58. The van der Waals surface area contributed by atoms with Crippen molar-refractivity contribution < 1.29 is 14.6 Å². The van der Waals surface area contributed by atoms with E-state index in [2.05, 4.69) is 9.88 Å². The minimum absolute atomic E-state index is 0.488. The van der Waals surface area contributed by atoms with Gasteiger partial charge in [-0.05, 0) is 18.6 Å². The first kappa shape index (κ1) is 14.9. The van der Waals surface area contributed by atoms with Crippen LogP contribution in [0.4, 0.5) is 5.82 Å². The van der Waals surface area contributed by atoms with E-state index in [1.165, 1.54) is 0 Å². The van der Waals surface area contributed by atoms with Crippen molar-refractivity contribution in [3.05, 3.63) is 23.9 Å². The Bertz CT molecular complexity index is 320. The Kier molecular flexibility index (Phi) is 6.64. The second kappa shape index (κ2) is 8.02. The lowest BCUT2D eigenvalue weighted by Crippen LogP contribution is -2.31. The fraction of sp³-hybridized carbons (Fsp3) is 0.615. The minimum atomic E-state index is -0.488. The van der Waals surface area contributed by atoms with Gasteiger partial charge in [0.15, 0.2) is 0 Å². The highest BCUT2D eigenvalue weighted by Gasteiger charge is 2.08. The summed E-state index contributed by atoms with van der Waals surface area (Å²) in [5.41, 5.74) is 0.817. The summed E-state index contributed by atoms with van der Waals surface area (Å²) in [6.07, 6.45) is 1.21. The highest BCUT2D eigenvalue weighted by Crippen LogP contribution is 2.15. The van der Waals surface area contributed by atoms with E-state index in [4.69, 9.17) is 9.47 Å². The van der Waals surface area contributed by atoms with Crippen LogP contribution in [0.1, 0.15) is 18.6 Å². The molecule has 1 N–H and O–H groups in total. The molecule has 0 aliphatic rings. The SMILES string of the molecule is COCCN(CCOC)c1ccc([C@H](C)O)cn1. The van der Waals surface area contributed by atoms with Gasteiger partial charge in [-0.15, -0.1) is 0 Å². The number of anilines is 1. The highest BCUT2D eigenvalue weighted by atomic mass is 16.5. The summed E-state index contributed by atoms with van der Waals surface area (Å²) < 4.78 is 10.2. The minimum Gasteiger partial charge on any atom is -0.389 e. The summed E-state index contributed by atoms with van der Waals surface area (Å²) in [6.45, 7) is 4.54. The summed E-state index contributed by atoms with van der Waals surface area (Å²) >= 11 is 0. The Labute approximate surface area is 108 Å². The monoisotopic (exact) mass is 254 g/mol. The molecule has 5 nitrogen and oxygen atoms in total. The Morgan fingerprint density at radius 3 is 2.22 bits per heavy atom. The third-order valence-corrected chi connectivity index (χ3v) is 2.71. The third kappa shape index (κ3) is 4.60. The molecular weight excluding hydrogens is 232 g/mol. The largest absolute Gasteiger partial charge is 0.389 e. The molecule has 1 atom stereocenters. The second-order valence-corrected chi connectivity index (χ2v) is 4.10. The molecule has 18 heavy (non-hydrogen) atoms. The number of nitrogens with zero attached hydrogens (tertiary/aromatic N) is 2. The molecule has 0 radical (unpaired) electrons. The van der Waals surface area contributed by atoms with Crippen molar-refractivity contribution in [2.75, 3.05) is 45.4 Å². The van der Waals surface area contributed by atoms with E-state index >= 15 is 0 Å². The van der Waals surface area contributed by atoms with Gasteiger partial charge in [0.2, 0.25) is 0 Å². The summed E-state index contributed by atoms with van der Waals surface area (Å²) in [4.78, 5) is 6.46. The lowest BCUT2D eigenvalue weighted by molar-refractivity contribution is 0.189. The predicted molar refractivity (Wildman–Crippen MR) is 70.8 cm³/mol. The van der Waals surface area contributed by atoms with Gasteiger partial charge >= 0.3 is 0 Å². The van der Waals surface area contributed by atoms with Crippen LogP contribution in [0.15, 0.2) is 18.3 Å². The van der Waals surface area contributed by atoms with Crippen molar-refractivity contribution in [2.24, 2.45) is 0 Å². The molecule has 0 aromatic carbocycles. The molecule has 1 rings (SSSR count). The van der Waals surface area contributed by atoms with Gasteiger partial charge in [-0.25, -0.2) is 4.98 Å². The first-order chi connectivity index (χ1) is 8.69. The zero-order valence-corrected chi connectivity index (χ0v) is 11.3. The van der Waals surface area contributed by atoms with E-state index in [9.17, 15) is 5.11 Å². The van der Waals surface area contributed by atoms with E-state index < -0.39 is 6.10 Å². The molecule has 1 aromatic rings. The normalized spacial score (nSPS) is 12.4. The molecule has 0 fully saturated rings. The topological polar surface area (TPSA) is 54.8 Å². The third-order valence-electron chi connectivity index (χ3n) is 2.71. The smallest absolute Gasteiger partial charge is 0.128 e. The first-order valence-corrected chi connectivity index (χ1v) is 6.06. The number of aliphatic hydroxyl groups is 1. The molecule has 102 valence electrons. The van der Waals surface area contributed by atoms with Gasteiger partial charge < -0.3 is 19.5 Å². The maximum absolute atomic E-state index is 9.44. The van der Waals surface area contributed by atoms with Crippen molar-refractivity contribution >= 4 is 5.82 Å². The van der Waals surface area contributed by atoms with Gasteiger partial charge in [-0.1, -0.05) is 6.07 Å². The van der Waals surface area contributed by atoms with Crippen LogP contribution >= 0.6 is 0 Å². The number of pyridine rings is 1. The Morgan fingerprint density at radius 2 is 1.83 bits per heavy atom.